The largest absolute Gasteiger partial charge is 0.378 e. The molecule has 0 aliphatic rings. The predicted molar refractivity (Wildman–Crippen MR) is 98.4 cm³/mol. The van der Waals surface area contributed by atoms with Crippen LogP contribution < -0.4 is 5.32 Å². The van der Waals surface area contributed by atoms with Crippen LogP contribution in [-0.2, 0) is 24.3 Å². The molecule has 26 heavy (non-hydrogen) atoms. The highest BCUT2D eigenvalue weighted by atomic mass is 35.5. The van der Waals surface area contributed by atoms with E-state index in [0.29, 0.717) is 23.0 Å². The molecule has 1 amide bonds. The van der Waals surface area contributed by atoms with Crippen LogP contribution in [0.25, 0.3) is 0 Å². The fraction of sp³-hybridized carbons (Fsp3) is 0.211. The Balaban J connectivity index is 1.55. The highest BCUT2D eigenvalue weighted by Crippen LogP contribution is 2.16. The number of hydrogen-bond donors (Lipinski definition) is 2. The lowest BCUT2D eigenvalue weighted by Gasteiger charge is -2.12. The molecule has 1 unspecified atom stereocenters. The second-order valence-electron chi connectivity index (χ2n) is 5.85. The first-order valence-electron chi connectivity index (χ1n) is 8.25. The minimum atomic E-state index is -1.26. The summed E-state index contributed by atoms with van der Waals surface area (Å²) >= 11 is 5.82. The zero-order valence-corrected chi connectivity index (χ0v) is 14.8. The number of hydrogen-bond acceptors (Lipinski definition) is 4. The molecular weight excluding hydrogens is 352 g/mol. The third-order valence-corrected chi connectivity index (χ3v) is 4.29. The van der Waals surface area contributed by atoms with E-state index in [2.05, 4.69) is 27.6 Å². The first-order valence-corrected chi connectivity index (χ1v) is 8.63. The van der Waals surface area contributed by atoms with E-state index >= 15 is 0 Å². The van der Waals surface area contributed by atoms with Gasteiger partial charge in [0.25, 0.3) is 5.91 Å². The van der Waals surface area contributed by atoms with Gasteiger partial charge in [-0.1, -0.05) is 54.1 Å². The van der Waals surface area contributed by atoms with Gasteiger partial charge in [0.15, 0.2) is 11.9 Å². The maximum Gasteiger partial charge on any atom is 0.253 e. The summed E-state index contributed by atoms with van der Waals surface area (Å²) in [6.07, 6.45) is 1.22. The Kier molecular flexibility index (Phi) is 5.99. The third kappa shape index (κ3) is 4.68. The van der Waals surface area contributed by atoms with Crippen molar-refractivity contribution in [3.05, 3.63) is 82.9 Å². The molecule has 3 rings (SSSR count). The number of nitrogens with one attached hydrogen (secondary N) is 1. The van der Waals surface area contributed by atoms with Crippen molar-refractivity contribution in [2.75, 3.05) is 0 Å². The maximum absolute atomic E-state index is 12.2. The molecule has 2 N–H and O–H groups in total. The van der Waals surface area contributed by atoms with Crippen molar-refractivity contribution >= 4 is 17.5 Å². The molecule has 0 spiro atoms. The van der Waals surface area contributed by atoms with Crippen LogP contribution in [0.4, 0.5) is 0 Å². The average molecular weight is 371 g/mol. The molecule has 7 heteroatoms. The number of carbonyl (C=O) groups is 1. The molecule has 1 heterocycles. The van der Waals surface area contributed by atoms with Crippen LogP contribution in [0, 0.1) is 0 Å². The van der Waals surface area contributed by atoms with Crippen LogP contribution >= 0.6 is 11.6 Å². The summed E-state index contributed by atoms with van der Waals surface area (Å²) in [6.45, 7) is 0.903. The first kappa shape index (κ1) is 18.1. The Morgan fingerprint density at radius 1 is 1.15 bits per heavy atom. The van der Waals surface area contributed by atoms with Crippen LogP contribution in [0.15, 0.2) is 60.9 Å². The molecule has 0 aliphatic heterocycles. The number of carbonyl (C=O) groups excluding carboxylic acids is 1. The van der Waals surface area contributed by atoms with E-state index in [4.69, 9.17) is 11.6 Å². The molecule has 134 valence electrons. The second kappa shape index (κ2) is 8.60. The van der Waals surface area contributed by atoms with Gasteiger partial charge in [0.05, 0.1) is 6.54 Å². The lowest BCUT2D eigenvalue weighted by molar-refractivity contribution is -0.129. The Morgan fingerprint density at radius 2 is 1.88 bits per heavy atom. The predicted octanol–water partition coefficient (Wildman–Crippen LogP) is 2.52. The molecule has 2 aromatic carbocycles. The summed E-state index contributed by atoms with van der Waals surface area (Å²) in [5.41, 5.74) is 1.70. The summed E-state index contributed by atoms with van der Waals surface area (Å²) in [5.74, 6) is 0.141. The van der Waals surface area contributed by atoms with Crippen LogP contribution in [0.5, 0.6) is 0 Å². The molecule has 0 fully saturated rings. The molecule has 0 radical (unpaired) electrons. The zero-order valence-electron chi connectivity index (χ0n) is 14.0. The van der Waals surface area contributed by atoms with Crippen LogP contribution in [0.2, 0.25) is 5.02 Å². The van der Waals surface area contributed by atoms with Crippen molar-refractivity contribution in [3.8, 4) is 0 Å². The Labute approximate surface area is 156 Å². The molecule has 1 aromatic heterocycles. The van der Waals surface area contributed by atoms with Crippen LogP contribution in [0.1, 0.15) is 23.1 Å². The Bertz CT molecular complexity index is 849. The van der Waals surface area contributed by atoms with Crippen molar-refractivity contribution in [3.63, 3.8) is 0 Å². The van der Waals surface area contributed by atoms with Crippen molar-refractivity contribution in [2.45, 2.75) is 25.6 Å². The number of nitrogens with zero attached hydrogens (tertiary/aromatic N) is 3. The molecule has 0 aliphatic carbocycles. The van der Waals surface area contributed by atoms with E-state index < -0.39 is 12.0 Å². The van der Waals surface area contributed by atoms with Crippen molar-refractivity contribution in [1.29, 1.82) is 0 Å². The van der Waals surface area contributed by atoms with Crippen LogP contribution in [0.3, 0.4) is 0 Å². The third-order valence-electron chi connectivity index (χ3n) is 4.03. The monoisotopic (exact) mass is 370 g/mol. The molecule has 6 nitrogen and oxygen atoms in total. The molecule has 0 bridgehead atoms. The number of rotatable bonds is 7. The Morgan fingerprint density at radius 3 is 2.62 bits per heavy atom. The number of aromatic nitrogens is 3. The summed E-state index contributed by atoms with van der Waals surface area (Å²) in [6, 6.07) is 16.6. The summed E-state index contributed by atoms with van der Waals surface area (Å²) in [4.78, 5) is 12.2. The smallest absolute Gasteiger partial charge is 0.253 e. The van der Waals surface area contributed by atoms with Gasteiger partial charge in [-0.15, -0.1) is 10.2 Å². The molecule has 0 saturated carbocycles. The van der Waals surface area contributed by atoms with Crippen molar-refractivity contribution in [2.24, 2.45) is 0 Å². The molecule has 1 atom stereocenters. The average Bonchev–Trinajstić information content (AvgIpc) is 3.12. The van der Waals surface area contributed by atoms with E-state index in [9.17, 15) is 9.90 Å². The number of aryl methyl sites for hydroxylation is 2. The van der Waals surface area contributed by atoms with Crippen LogP contribution in [-0.4, -0.2) is 25.8 Å². The summed E-state index contributed by atoms with van der Waals surface area (Å²) < 4.78 is 1.89. The normalized spacial score (nSPS) is 11.9. The van der Waals surface area contributed by atoms with Gasteiger partial charge in [-0.3, -0.25) is 4.79 Å². The Hall–Kier alpha value is -2.70. The highest BCUT2D eigenvalue weighted by molar-refractivity contribution is 6.30. The second-order valence-corrected chi connectivity index (χ2v) is 6.28. The standard InChI is InChI=1S/C19H19ClN4O2/c20-16-8-6-15(7-9-16)18(25)19(26)21-12-17-23-22-13-24(17)11-10-14-4-2-1-3-5-14/h1-9,13,18,25H,10-12H2,(H,21,26). The topological polar surface area (TPSA) is 80.0 Å². The fourth-order valence-corrected chi connectivity index (χ4v) is 2.68. The van der Waals surface area contributed by atoms with Gasteiger partial charge >= 0.3 is 0 Å². The van der Waals surface area contributed by atoms with Gasteiger partial charge < -0.3 is 15.0 Å². The van der Waals surface area contributed by atoms with Crippen molar-refractivity contribution < 1.29 is 9.90 Å². The van der Waals surface area contributed by atoms with Gasteiger partial charge in [-0.05, 0) is 29.7 Å². The van der Waals surface area contributed by atoms with Crippen molar-refractivity contribution in [1.82, 2.24) is 20.1 Å². The SMILES string of the molecule is O=C(NCc1nncn1CCc1ccccc1)C(O)c1ccc(Cl)cc1. The van der Waals surface area contributed by atoms with Gasteiger partial charge in [-0.25, -0.2) is 0 Å². The van der Waals surface area contributed by atoms with E-state index in [1.54, 1.807) is 30.6 Å². The van der Waals surface area contributed by atoms with Gasteiger partial charge in [0.2, 0.25) is 0 Å². The summed E-state index contributed by atoms with van der Waals surface area (Å²) in [7, 11) is 0. The number of aliphatic hydroxyl groups is 1. The number of amides is 1. The van der Waals surface area contributed by atoms with Gasteiger partial charge in [0.1, 0.15) is 6.33 Å². The lowest BCUT2D eigenvalue weighted by Crippen LogP contribution is -2.30. The zero-order chi connectivity index (χ0) is 18.4. The van der Waals surface area contributed by atoms with Gasteiger partial charge in [0, 0.05) is 11.6 Å². The highest BCUT2D eigenvalue weighted by Gasteiger charge is 2.17. The maximum atomic E-state index is 12.2. The number of halogens is 1. The number of benzene rings is 2. The quantitative estimate of drug-likeness (QED) is 0.669. The van der Waals surface area contributed by atoms with E-state index in [1.807, 2.05) is 22.8 Å². The lowest BCUT2D eigenvalue weighted by atomic mass is 10.1. The minimum Gasteiger partial charge on any atom is -0.378 e. The van der Waals surface area contributed by atoms with E-state index in [-0.39, 0.29) is 6.54 Å². The van der Waals surface area contributed by atoms with E-state index in [1.165, 1.54) is 5.56 Å². The molecule has 3 aromatic rings. The number of aliphatic hydroxyl groups excluding tert-OH is 1. The molecular formula is C19H19ClN4O2. The summed E-state index contributed by atoms with van der Waals surface area (Å²) in [5, 5.41) is 21.3. The fourth-order valence-electron chi connectivity index (χ4n) is 2.56. The molecule has 0 saturated heterocycles. The van der Waals surface area contributed by atoms with E-state index in [0.717, 1.165) is 6.42 Å². The van der Waals surface area contributed by atoms with Gasteiger partial charge in [-0.2, -0.15) is 0 Å². The first-order chi connectivity index (χ1) is 12.6. The minimum absolute atomic E-state index is 0.193.